The molecular formula is C38H51N3O7. The third kappa shape index (κ3) is 9.17. The van der Waals surface area contributed by atoms with Gasteiger partial charge in [-0.05, 0) is 107 Å². The van der Waals surface area contributed by atoms with E-state index in [0.717, 1.165) is 64.6 Å². The summed E-state index contributed by atoms with van der Waals surface area (Å²) in [5.74, 6) is -0.0716. The molecule has 10 nitrogen and oxygen atoms in total. The van der Waals surface area contributed by atoms with E-state index in [-0.39, 0.29) is 30.0 Å². The van der Waals surface area contributed by atoms with Crippen LogP contribution in [0.3, 0.4) is 0 Å². The van der Waals surface area contributed by atoms with Gasteiger partial charge in [0.1, 0.15) is 18.0 Å². The van der Waals surface area contributed by atoms with Gasteiger partial charge in [-0.1, -0.05) is 17.7 Å². The molecule has 1 saturated carbocycles. The van der Waals surface area contributed by atoms with Crippen molar-refractivity contribution in [3.8, 4) is 5.75 Å². The number of H-pyrrole nitrogens is 1. The van der Waals surface area contributed by atoms with Crippen molar-refractivity contribution in [2.45, 2.75) is 83.9 Å². The molecule has 260 valence electrons. The van der Waals surface area contributed by atoms with E-state index in [9.17, 15) is 14.4 Å². The number of fused-ring (bicyclic) bond motifs is 1. The van der Waals surface area contributed by atoms with Gasteiger partial charge in [-0.2, -0.15) is 0 Å². The number of ether oxygens (including phenoxy) is 4. The molecule has 2 aromatic carbocycles. The predicted molar refractivity (Wildman–Crippen MR) is 186 cm³/mol. The molecule has 1 N–H and O–H groups in total. The van der Waals surface area contributed by atoms with E-state index in [1.807, 2.05) is 56.9 Å². The Bertz CT molecular complexity index is 1610. The number of nitrogens with zero attached hydrogens (tertiary/aromatic N) is 2. The molecular weight excluding hydrogens is 610 g/mol. The monoisotopic (exact) mass is 661 g/mol. The molecule has 5 rings (SSSR count). The number of pyridine rings is 1. The third-order valence-corrected chi connectivity index (χ3v) is 9.03. The van der Waals surface area contributed by atoms with Gasteiger partial charge < -0.3 is 33.7 Å². The third-order valence-electron chi connectivity index (χ3n) is 9.03. The van der Waals surface area contributed by atoms with Crippen molar-refractivity contribution in [3.63, 3.8) is 0 Å². The molecule has 1 aliphatic carbocycles. The van der Waals surface area contributed by atoms with Gasteiger partial charge in [-0.15, -0.1) is 0 Å². The second kappa shape index (κ2) is 15.6. The van der Waals surface area contributed by atoms with Gasteiger partial charge in [-0.3, -0.25) is 9.59 Å². The number of aromatic nitrogens is 1. The van der Waals surface area contributed by atoms with Gasteiger partial charge in [0.2, 0.25) is 11.5 Å². The smallest absolute Gasteiger partial charge is 0.410 e. The molecule has 2 amide bonds. The van der Waals surface area contributed by atoms with E-state index in [0.29, 0.717) is 39.3 Å². The summed E-state index contributed by atoms with van der Waals surface area (Å²) in [7, 11) is 3.35. The molecule has 2 fully saturated rings. The minimum atomic E-state index is -0.661. The number of carbonyl (C=O) groups excluding carboxylic acids is 2. The molecule has 0 bridgehead atoms. The normalized spacial score (nSPS) is 18.2. The van der Waals surface area contributed by atoms with E-state index in [4.69, 9.17) is 18.9 Å². The fourth-order valence-corrected chi connectivity index (χ4v) is 6.66. The van der Waals surface area contributed by atoms with Crippen molar-refractivity contribution in [2.75, 3.05) is 47.1 Å². The standard InChI is InChI=1S/C38H51N3O7/c1-25-9-12-34-32(18-25)31(22-35(42)39-34)30-13-14-40(37(44)48-38(2,3)4)24-33(30)36(43)41(28-10-11-28)23-27-19-26(8-7-15-45-5)20-29(21-27)47-17-16-46-6/h9,12,18-22,28,30,33H,7-8,10-11,13-17,23-24H2,1-6H3,(H,39,42). The van der Waals surface area contributed by atoms with Crippen LogP contribution in [-0.2, 0) is 32.0 Å². The summed E-state index contributed by atoms with van der Waals surface area (Å²) in [6.45, 7) is 10.2. The molecule has 1 saturated heterocycles. The number of carbonyl (C=O) groups is 2. The molecule has 0 spiro atoms. The summed E-state index contributed by atoms with van der Waals surface area (Å²) in [6, 6.07) is 13.9. The lowest BCUT2D eigenvalue weighted by Gasteiger charge is -2.41. The number of likely N-dealkylation sites (tertiary alicyclic amines) is 1. The van der Waals surface area contributed by atoms with Crippen LogP contribution in [0, 0.1) is 12.8 Å². The summed E-state index contributed by atoms with van der Waals surface area (Å²) in [5, 5.41) is 0.933. The quantitative estimate of drug-likeness (QED) is 0.225. The molecule has 48 heavy (non-hydrogen) atoms. The van der Waals surface area contributed by atoms with Crippen molar-refractivity contribution in [1.29, 1.82) is 0 Å². The van der Waals surface area contributed by atoms with E-state index < -0.39 is 17.6 Å². The number of benzene rings is 2. The number of methoxy groups -OCH3 is 2. The molecule has 3 aromatic rings. The Kier molecular flexibility index (Phi) is 11.5. The molecule has 1 aliphatic heterocycles. The van der Waals surface area contributed by atoms with Crippen molar-refractivity contribution < 1.29 is 28.5 Å². The second-order valence-corrected chi connectivity index (χ2v) is 14.2. The minimum Gasteiger partial charge on any atom is -0.491 e. The Labute approximate surface area is 283 Å². The van der Waals surface area contributed by atoms with Crippen LogP contribution in [0.25, 0.3) is 10.9 Å². The van der Waals surface area contributed by atoms with Gasteiger partial charge in [0.05, 0.1) is 12.5 Å². The molecule has 0 radical (unpaired) electrons. The van der Waals surface area contributed by atoms with Crippen LogP contribution in [0.15, 0.2) is 47.3 Å². The molecule has 2 aliphatic rings. The SMILES string of the molecule is COCCCc1cc(CN(C(=O)C2CN(C(=O)OC(C)(C)C)CCC2c2cc(=O)[nH]c3ccc(C)cc23)C2CC2)cc(OCCOC)c1. The number of piperidine rings is 1. The maximum Gasteiger partial charge on any atom is 0.410 e. The summed E-state index contributed by atoms with van der Waals surface area (Å²) in [6.07, 6.45) is 3.66. The van der Waals surface area contributed by atoms with Crippen LogP contribution >= 0.6 is 0 Å². The lowest BCUT2D eigenvalue weighted by molar-refractivity contribution is -0.139. The first-order chi connectivity index (χ1) is 23.0. The number of amides is 2. The molecule has 2 atom stereocenters. The van der Waals surface area contributed by atoms with Gasteiger partial charge in [-0.25, -0.2) is 4.79 Å². The second-order valence-electron chi connectivity index (χ2n) is 14.2. The number of rotatable bonds is 13. The lowest BCUT2D eigenvalue weighted by atomic mass is 9.78. The van der Waals surface area contributed by atoms with Crippen molar-refractivity contribution in [1.82, 2.24) is 14.8 Å². The number of hydrogen-bond donors (Lipinski definition) is 1. The van der Waals surface area contributed by atoms with Crippen LogP contribution in [0.1, 0.15) is 74.6 Å². The van der Waals surface area contributed by atoms with Crippen LogP contribution in [-0.4, -0.2) is 85.6 Å². The Balaban J connectivity index is 1.50. The van der Waals surface area contributed by atoms with Crippen molar-refractivity contribution in [2.24, 2.45) is 5.92 Å². The average Bonchev–Trinajstić information content (AvgIpc) is 3.88. The zero-order valence-corrected chi connectivity index (χ0v) is 29.3. The zero-order valence-electron chi connectivity index (χ0n) is 29.3. The first-order valence-corrected chi connectivity index (χ1v) is 17.1. The predicted octanol–water partition coefficient (Wildman–Crippen LogP) is 5.97. The Morgan fingerprint density at radius 1 is 0.958 bits per heavy atom. The highest BCUT2D eigenvalue weighted by Crippen LogP contribution is 2.40. The van der Waals surface area contributed by atoms with Crippen LogP contribution in [0.5, 0.6) is 5.75 Å². The fourth-order valence-electron chi connectivity index (χ4n) is 6.66. The maximum absolute atomic E-state index is 14.9. The van der Waals surface area contributed by atoms with Gasteiger partial charge in [0.25, 0.3) is 0 Å². The van der Waals surface area contributed by atoms with Crippen LogP contribution in [0.4, 0.5) is 4.79 Å². The van der Waals surface area contributed by atoms with Crippen LogP contribution in [0.2, 0.25) is 0 Å². The van der Waals surface area contributed by atoms with Gasteiger partial charge >= 0.3 is 6.09 Å². The Morgan fingerprint density at radius 3 is 2.42 bits per heavy atom. The maximum atomic E-state index is 14.9. The summed E-state index contributed by atoms with van der Waals surface area (Å²) >= 11 is 0. The number of aromatic amines is 1. The van der Waals surface area contributed by atoms with Crippen molar-refractivity contribution in [3.05, 3.63) is 75.1 Å². The first-order valence-electron chi connectivity index (χ1n) is 17.1. The summed E-state index contributed by atoms with van der Waals surface area (Å²) in [4.78, 5) is 47.8. The Hall–Kier alpha value is -3.89. The minimum absolute atomic E-state index is 0.0107. The highest BCUT2D eigenvalue weighted by molar-refractivity contribution is 5.86. The first kappa shape index (κ1) is 35.4. The highest BCUT2D eigenvalue weighted by Gasteiger charge is 2.44. The summed E-state index contributed by atoms with van der Waals surface area (Å²) in [5.41, 5.74) is 3.92. The van der Waals surface area contributed by atoms with Crippen LogP contribution < -0.4 is 10.3 Å². The number of hydrogen-bond acceptors (Lipinski definition) is 7. The van der Waals surface area contributed by atoms with E-state index >= 15 is 0 Å². The number of nitrogens with one attached hydrogen (secondary N) is 1. The molecule has 10 heteroatoms. The molecule has 2 unspecified atom stereocenters. The lowest BCUT2D eigenvalue weighted by Crippen LogP contribution is -2.51. The van der Waals surface area contributed by atoms with Crippen molar-refractivity contribution >= 4 is 22.9 Å². The summed E-state index contributed by atoms with van der Waals surface area (Å²) < 4.78 is 22.3. The fraction of sp³-hybridized carbons (Fsp3) is 0.553. The topological polar surface area (TPSA) is 110 Å². The zero-order chi connectivity index (χ0) is 34.4. The highest BCUT2D eigenvalue weighted by atomic mass is 16.6. The average molecular weight is 662 g/mol. The number of aryl methyl sites for hydroxylation is 2. The molecule has 2 heterocycles. The van der Waals surface area contributed by atoms with Gasteiger partial charge in [0.15, 0.2) is 0 Å². The largest absolute Gasteiger partial charge is 0.491 e. The molecule has 1 aromatic heterocycles. The van der Waals surface area contributed by atoms with E-state index in [2.05, 4.69) is 17.1 Å². The van der Waals surface area contributed by atoms with Gasteiger partial charge in [0, 0.05) is 63.5 Å². The Morgan fingerprint density at radius 2 is 1.71 bits per heavy atom. The van der Waals surface area contributed by atoms with E-state index in [1.165, 1.54) is 0 Å². The van der Waals surface area contributed by atoms with E-state index in [1.54, 1.807) is 25.2 Å².